The average molecular weight is 361 g/mol. The molecule has 3 N–H and O–H groups in total. The lowest BCUT2D eigenvalue weighted by atomic mass is 10.2. The smallest absolute Gasteiger partial charge is 0.320 e. The minimum atomic E-state index is -0.195. The van der Waals surface area contributed by atoms with Crippen LogP contribution in [0.25, 0.3) is 0 Å². The maximum absolute atomic E-state index is 11.6. The van der Waals surface area contributed by atoms with E-state index in [1.165, 1.54) is 0 Å². The third-order valence-electron chi connectivity index (χ3n) is 3.39. The number of pyridine rings is 1. The summed E-state index contributed by atoms with van der Waals surface area (Å²) in [6.45, 7) is 2.04. The highest BCUT2D eigenvalue weighted by Crippen LogP contribution is 2.24. The Balaban J connectivity index is 1.62. The van der Waals surface area contributed by atoms with Crippen LogP contribution in [0.1, 0.15) is 18.4 Å². The van der Waals surface area contributed by atoms with E-state index in [0.29, 0.717) is 11.9 Å². The minimum Gasteiger partial charge on any atom is -0.354 e. The minimum absolute atomic E-state index is 0.195. The molecule has 1 aliphatic carbocycles. The number of nitrogens with zero attached hydrogens (tertiary/aromatic N) is 1. The zero-order valence-corrected chi connectivity index (χ0v) is 13.8. The Morgan fingerprint density at radius 2 is 2.09 bits per heavy atom. The second-order valence-electron chi connectivity index (χ2n) is 5.39. The van der Waals surface area contributed by atoms with Crippen LogP contribution in [0.4, 0.5) is 22.0 Å². The number of amides is 2. The van der Waals surface area contributed by atoms with Gasteiger partial charge in [-0.2, -0.15) is 0 Å². The number of rotatable bonds is 4. The van der Waals surface area contributed by atoms with Crippen molar-refractivity contribution in [3.8, 4) is 0 Å². The fourth-order valence-electron chi connectivity index (χ4n) is 2.03. The van der Waals surface area contributed by atoms with E-state index < -0.39 is 0 Å². The van der Waals surface area contributed by atoms with Crippen LogP contribution in [-0.2, 0) is 0 Å². The average Bonchev–Trinajstić information content (AvgIpc) is 3.28. The van der Waals surface area contributed by atoms with E-state index in [9.17, 15) is 4.79 Å². The molecule has 6 heteroatoms. The van der Waals surface area contributed by atoms with Gasteiger partial charge in [0.2, 0.25) is 0 Å². The molecule has 0 bridgehead atoms. The van der Waals surface area contributed by atoms with E-state index in [4.69, 9.17) is 0 Å². The van der Waals surface area contributed by atoms with Crippen LogP contribution in [0.3, 0.4) is 0 Å². The van der Waals surface area contributed by atoms with Gasteiger partial charge in [0, 0.05) is 16.2 Å². The molecule has 2 amide bonds. The lowest BCUT2D eigenvalue weighted by Crippen LogP contribution is -2.30. The van der Waals surface area contributed by atoms with Gasteiger partial charge in [0.15, 0.2) is 0 Å². The molecule has 1 saturated carbocycles. The van der Waals surface area contributed by atoms with Crippen molar-refractivity contribution in [3.63, 3.8) is 0 Å². The third-order valence-corrected chi connectivity index (χ3v) is 3.88. The number of urea groups is 1. The zero-order valence-electron chi connectivity index (χ0n) is 12.2. The molecule has 0 spiro atoms. The van der Waals surface area contributed by atoms with Gasteiger partial charge in [-0.05, 0) is 55.7 Å². The van der Waals surface area contributed by atoms with Gasteiger partial charge in [0.05, 0.1) is 11.9 Å². The Morgan fingerprint density at radius 3 is 2.73 bits per heavy atom. The van der Waals surface area contributed by atoms with Crippen molar-refractivity contribution in [2.75, 3.05) is 10.6 Å². The quantitative estimate of drug-likeness (QED) is 0.765. The number of benzene rings is 1. The number of aryl methyl sites for hydroxylation is 1. The largest absolute Gasteiger partial charge is 0.354 e. The number of carbonyl (C=O) groups excluding carboxylic acids is 1. The van der Waals surface area contributed by atoms with Gasteiger partial charge < -0.3 is 10.6 Å². The molecular weight excluding hydrogens is 344 g/mol. The van der Waals surface area contributed by atoms with Gasteiger partial charge in [-0.15, -0.1) is 0 Å². The Labute approximate surface area is 137 Å². The monoisotopic (exact) mass is 360 g/mol. The summed E-state index contributed by atoms with van der Waals surface area (Å²) in [6, 6.07) is 9.86. The fraction of sp³-hybridized carbons (Fsp3) is 0.250. The molecule has 0 atom stereocenters. The Morgan fingerprint density at radius 1 is 1.27 bits per heavy atom. The summed E-state index contributed by atoms with van der Waals surface area (Å²) in [4.78, 5) is 15.9. The maximum atomic E-state index is 11.6. The number of hydrogen-bond donors (Lipinski definition) is 3. The van der Waals surface area contributed by atoms with E-state index in [0.717, 1.165) is 34.3 Å². The summed E-state index contributed by atoms with van der Waals surface area (Å²) < 4.78 is 1.05. The molecule has 2 aromatic rings. The topological polar surface area (TPSA) is 66.0 Å². The van der Waals surface area contributed by atoms with Crippen molar-refractivity contribution in [3.05, 3.63) is 46.6 Å². The summed E-state index contributed by atoms with van der Waals surface area (Å²) in [6.07, 6.45) is 3.83. The molecule has 1 aromatic carbocycles. The molecule has 3 rings (SSSR count). The van der Waals surface area contributed by atoms with Crippen molar-refractivity contribution in [1.82, 2.24) is 10.3 Å². The first-order chi connectivity index (χ1) is 10.6. The molecule has 5 nitrogen and oxygen atoms in total. The number of anilines is 3. The predicted octanol–water partition coefficient (Wildman–Crippen LogP) is 4.18. The summed E-state index contributed by atoms with van der Waals surface area (Å²) in [7, 11) is 0. The number of carbonyl (C=O) groups is 1. The second kappa shape index (κ2) is 6.36. The SMILES string of the molecule is Cc1cc(Br)ccc1Nc1ccc(NC(=O)NC2CC2)nc1. The van der Waals surface area contributed by atoms with Crippen molar-refractivity contribution < 1.29 is 4.79 Å². The van der Waals surface area contributed by atoms with E-state index in [1.807, 2.05) is 31.2 Å². The highest BCUT2D eigenvalue weighted by Gasteiger charge is 2.23. The van der Waals surface area contributed by atoms with Crippen LogP contribution >= 0.6 is 15.9 Å². The lowest BCUT2D eigenvalue weighted by Gasteiger charge is -2.10. The van der Waals surface area contributed by atoms with E-state index >= 15 is 0 Å². The molecule has 0 aliphatic heterocycles. The van der Waals surface area contributed by atoms with Crippen molar-refractivity contribution in [1.29, 1.82) is 0 Å². The third kappa shape index (κ3) is 3.98. The Kier molecular flexibility index (Phi) is 4.29. The molecule has 0 radical (unpaired) electrons. The van der Waals surface area contributed by atoms with Gasteiger partial charge in [-0.1, -0.05) is 15.9 Å². The maximum Gasteiger partial charge on any atom is 0.320 e. The van der Waals surface area contributed by atoms with Gasteiger partial charge in [0.1, 0.15) is 5.82 Å². The highest BCUT2D eigenvalue weighted by molar-refractivity contribution is 9.10. The number of aromatic nitrogens is 1. The molecule has 0 saturated heterocycles. The van der Waals surface area contributed by atoms with Crippen LogP contribution in [0.5, 0.6) is 0 Å². The molecule has 0 unspecified atom stereocenters. The molecular formula is C16H17BrN4O. The van der Waals surface area contributed by atoms with Crippen LogP contribution in [0, 0.1) is 6.92 Å². The first-order valence-electron chi connectivity index (χ1n) is 7.17. The van der Waals surface area contributed by atoms with Crippen LogP contribution in [-0.4, -0.2) is 17.1 Å². The van der Waals surface area contributed by atoms with E-state index in [2.05, 4.69) is 36.9 Å². The lowest BCUT2D eigenvalue weighted by molar-refractivity contribution is 0.251. The fourth-order valence-corrected chi connectivity index (χ4v) is 2.51. The standard InChI is InChI=1S/C16H17BrN4O/c1-10-8-11(17)2-6-14(10)19-13-5-7-15(18-9-13)21-16(22)20-12-3-4-12/h2,5-9,12,19H,3-4H2,1H3,(H2,18,20,21,22). The number of halogens is 1. The molecule has 1 aliphatic rings. The molecule has 1 heterocycles. The molecule has 1 aromatic heterocycles. The van der Waals surface area contributed by atoms with E-state index in [-0.39, 0.29) is 6.03 Å². The first-order valence-corrected chi connectivity index (χ1v) is 7.96. The Bertz CT molecular complexity index is 683. The van der Waals surface area contributed by atoms with Gasteiger partial charge in [-0.25, -0.2) is 9.78 Å². The molecule has 1 fully saturated rings. The van der Waals surface area contributed by atoms with Crippen LogP contribution < -0.4 is 16.0 Å². The summed E-state index contributed by atoms with van der Waals surface area (Å²) in [5, 5.41) is 8.90. The number of nitrogens with one attached hydrogen (secondary N) is 3. The van der Waals surface area contributed by atoms with Crippen LogP contribution in [0.2, 0.25) is 0 Å². The van der Waals surface area contributed by atoms with Gasteiger partial charge >= 0.3 is 6.03 Å². The highest BCUT2D eigenvalue weighted by atomic mass is 79.9. The van der Waals surface area contributed by atoms with Crippen molar-refractivity contribution >= 4 is 39.2 Å². The van der Waals surface area contributed by atoms with Crippen molar-refractivity contribution in [2.45, 2.75) is 25.8 Å². The zero-order chi connectivity index (χ0) is 15.5. The normalized spacial score (nSPS) is 13.5. The van der Waals surface area contributed by atoms with Crippen LogP contribution in [0.15, 0.2) is 41.0 Å². The second-order valence-corrected chi connectivity index (χ2v) is 6.30. The van der Waals surface area contributed by atoms with Gasteiger partial charge in [-0.3, -0.25) is 5.32 Å². The Hall–Kier alpha value is -2.08. The van der Waals surface area contributed by atoms with Gasteiger partial charge in [0.25, 0.3) is 0 Å². The summed E-state index contributed by atoms with van der Waals surface area (Å²) in [5.41, 5.74) is 3.04. The van der Waals surface area contributed by atoms with Crippen molar-refractivity contribution in [2.24, 2.45) is 0 Å². The van der Waals surface area contributed by atoms with E-state index in [1.54, 1.807) is 12.3 Å². The first kappa shape index (κ1) is 14.8. The molecule has 22 heavy (non-hydrogen) atoms. The summed E-state index contributed by atoms with van der Waals surface area (Å²) >= 11 is 3.45. The summed E-state index contributed by atoms with van der Waals surface area (Å²) in [5.74, 6) is 0.538. The predicted molar refractivity (Wildman–Crippen MR) is 91.6 cm³/mol. The number of hydrogen-bond acceptors (Lipinski definition) is 3. The molecule has 114 valence electrons.